The van der Waals surface area contributed by atoms with Crippen molar-refractivity contribution in [1.29, 1.82) is 0 Å². The Balaban J connectivity index is 1.51. The van der Waals surface area contributed by atoms with Gasteiger partial charge >= 0.3 is 0 Å². The Morgan fingerprint density at radius 1 is 1.22 bits per heavy atom. The number of hydrogen-bond donors (Lipinski definition) is 1. The van der Waals surface area contributed by atoms with Gasteiger partial charge in [-0.1, -0.05) is 17.3 Å². The van der Waals surface area contributed by atoms with Gasteiger partial charge < -0.3 is 10.1 Å². The number of methoxy groups -OCH3 is 1. The van der Waals surface area contributed by atoms with E-state index in [0.717, 1.165) is 16.8 Å². The fraction of sp³-hybridized carbons (Fsp3) is 0.409. The molecule has 1 aliphatic heterocycles. The van der Waals surface area contributed by atoms with Gasteiger partial charge in [-0.05, 0) is 62.6 Å². The number of nitrogens with zero attached hydrogens (tertiary/aromatic N) is 4. The quantitative estimate of drug-likeness (QED) is 0.584. The average Bonchev–Trinajstić information content (AvgIpc) is 3.45. The third-order valence-corrected chi connectivity index (χ3v) is 7.57. The van der Waals surface area contributed by atoms with E-state index in [1.165, 1.54) is 10.4 Å². The second kappa shape index (κ2) is 8.87. The fourth-order valence-electron chi connectivity index (χ4n) is 3.94. The van der Waals surface area contributed by atoms with E-state index in [0.29, 0.717) is 31.4 Å². The van der Waals surface area contributed by atoms with Crippen LogP contribution in [0.3, 0.4) is 0 Å². The summed E-state index contributed by atoms with van der Waals surface area (Å²) in [6, 6.07) is 11.5. The Labute approximate surface area is 187 Å². The van der Waals surface area contributed by atoms with Crippen molar-refractivity contribution in [1.82, 2.24) is 24.6 Å². The van der Waals surface area contributed by atoms with Crippen molar-refractivity contribution < 1.29 is 17.9 Å². The SMILES string of the molecule is COc1ccc(CNC(=O)C2CCCN2S(=O)(=O)c2ccc3c(c2)nnn3C(C)C)cc1. The molecular formula is C22H27N5O4S. The average molecular weight is 458 g/mol. The predicted octanol–water partition coefficient (Wildman–Crippen LogP) is 2.49. The van der Waals surface area contributed by atoms with Gasteiger partial charge in [0, 0.05) is 19.1 Å². The van der Waals surface area contributed by atoms with Gasteiger partial charge in [-0.2, -0.15) is 4.31 Å². The van der Waals surface area contributed by atoms with Gasteiger partial charge in [0.2, 0.25) is 15.9 Å². The van der Waals surface area contributed by atoms with E-state index in [1.807, 2.05) is 38.1 Å². The standard InChI is InChI=1S/C22H27N5O4S/c1-15(2)27-20-11-10-18(13-19(20)24-25-27)32(29,30)26-12-4-5-21(26)22(28)23-14-16-6-8-17(31-3)9-7-16/h6-11,13,15,21H,4-5,12,14H2,1-3H3,(H,23,28). The zero-order valence-corrected chi connectivity index (χ0v) is 19.2. The molecule has 1 fully saturated rings. The summed E-state index contributed by atoms with van der Waals surface area (Å²) in [6.45, 7) is 4.59. The molecule has 10 heteroatoms. The van der Waals surface area contributed by atoms with Crippen LogP contribution in [0.5, 0.6) is 5.75 Å². The van der Waals surface area contributed by atoms with E-state index in [9.17, 15) is 13.2 Å². The van der Waals surface area contributed by atoms with Gasteiger partial charge in [-0.15, -0.1) is 5.10 Å². The molecule has 1 aliphatic rings. The van der Waals surface area contributed by atoms with Crippen LogP contribution in [0.15, 0.2) is 47.4 Å². The highest BCUT2D eigenvalue weighted by Gasteiger charge is 2.39. The molecule has 0 radical (unpaired) electrons. The summed E-state index contributed by atoms with van der Waals surface area (Å²) in [6.07, 6.45) is 1.12. The highest BCUT2D eigenvalue weighted by atomic mass is 32.2. The van der Waals surface area contributed by atoms with Gasteiger partial charge in [0.15, 0.2) is 0 Å². The topological polar surface area (TPSA) is 106 Å². The van der Waals surface area contributed by atoms with Crippen molar-refractivity contribution >= 4 is 27.0 Å². The first-order valence-electron chi connectivity index (χ1n) is 10.6. The van der Waals surface area contributed by atoms with Crippen LogP contribution in [0.4, 0.5) is 0 Å². The van der Waals surface area contributed by atoms with Crippen LogP contribution in [-0.4, -0.2) is 53.3 Å². The molecule has 1 saturated heterocycles. The maximum Gasteiger partial charge on any atom is 0.243 e. The summed E-state index contributed by atoms with van der Waals surface area (Å²) in [5, 5.41) is 11.1. The summed E-state index contributed by atoms with van der Waals surface area (Å²) in [4.78, 5) is 13.0. The number of fused-ring (bicyclic) bond motifs is 1. The molecule has 32 heavy (non-hydrogen) atoms. The molecule has 1 amide bonds. The Hall–Kier alpha value is -2.98. The summed E-state index contributed by atoms with van der Waals surface area (Å²) >= 11 is 0. The van der Waals surface area contributed by atoms with Crippen LogP contribution in [0.1, 0.15) is 38.3 Å². The third-order valence-electron chi connectivity index (χ3n) is 5.67. The minimum Gasteiger partial charge on any atom is -0.497 e. The number of benzene rings is 2. The van der Waals surface area contributed by atoms with Gasteiger partial charge in [0.1, 0.15) is 17.3 Å². The number of sulfonamides is 1. The number of hydrogen-bond acceptors (Lipinski definition) is 6. The lowest BCUT2D eigenvalue weighted by atomic mass is 10.2. The Kier molecular flexibility index (Phi) is 6.16. The number of carbonyl (C=O) groups is 1. The third kappa shape index (κ3) is 4.20. The molecule has 0 aliphatic carbocycles. The fourth-order valence-corrected chi connectivity index (χ4v) is 5.62. The van der Waals surface area contributed by atoms with Crippen molar-refractivity contribution in [3.05, 3.63) is 48.0 Å². The summed E-state index contributed by atoms with van der Waals surface area (Å²) < 4.78 is 34.9. The van der Waals surface area contributed by atoms with Gasteiger partial charge in [-0.25, -0.2) is 13.1 Å². The van der Waals surface area contributed by atoms with Crippen LogP contribution in [0.2, 0.25) is 0 Å². The molecule has 9 nitrogen and oxygen atoms in total. The minimum absolute atomic E-state index is 0.111. The lowest BCUT2D eigenvalue weighted by Gasteiger charge is -2.23. The molecular weight excluding hydrogens is 430 g/mol. The molecule has 170 valence electrons. The molecule has 1 aromatic heterocycles. The van der Waals surface area contributed by atoms with Crippen LogP contribution in [0, 0.1) is 0 Å². The molecule has 1 atom stereocenters. The second-order valence-corrected chi connectivity index (χ2v) is 10.0. The molecule has 4 rings (SSSR count). The highest BCUT2D eigenvalue weighted by molar-refractivity contribution is 7.89. The number of carbonyl (C=O) groups excluding carboxylic acids is 1. The first kappa shape index (κ1) is 22.2. The summed E-state index contributed by atoms with van der Waals surface area (Å²) in [7, 11) is -2.26. The monoisotopic (exact) mass is 457 g/mol. The van der Waals surface area contributed by atoms with Crippen LogP contribution >= 0.6 is 0 Å². The Bertz CT molecular complexity index is 1220. The molecule has 2 aromatic carbocycles. The minimum atomic E-state index is -3.85. The van der Waals surface area contributed by atoms with Crippen molar-refractivity contribution in [3.8, 4) is 5.75 Å². The number of nitrogens with one attached hydrogen (secondary N) is 1. The van der Waals surface area contributed by atoms with Gasteiger partial charge in [0.25, 0.3) is 0 Å². The largest absolute Gasteiger partial charge is 0.497 e. The lowest BCUT2D eigenvalue weighted by Crippen LogP contribution is -2.45. The van der Waals surface area contributed by atoms with E-state index < -0.39 is 16.1 Å². The molecule has 0 saturated carbocycles. The highest BCUT2D eigenvalue weighted by Crippen LogP contribution is 2.28. The molecule has 0 bridgehead atoms. The lowest BCUT2D eigenvalue weighted by molar-refractivity contribution is -0.124. The van der Waals surface area contributed by atoms with Crippen molar-refractivity contribution in [3.63, 3.8) is 0 Å². The van der Waals surface area contributed by atoms with Crippen molar-refractivity contribution in [2.75, 3.05) is 13.7 Å². The number of ether oxygens (including phenoxy) is 1. The van der Waals surface area contributed by atoms with Crippen LogP contribution < -0.4 is 10.1 Å². The van der Waals surface area contributed by atoms with Crippen LogP contribution in [0.25, 0.3) is 11.0 Å². The first-order chi connectivity index (χ1) is 15.3. The van der Waals surface area contributed by atoms with E-state index >= 15 is 0 Å². The van der Waals surface area contributed by atoms with E-state index in [-0.39, 0.29) is 16.8 Å². The van der Waals surface area contributed by atoms with E-state index in [1.54, 1.807) is 23.9 Å². The Morgan fingerprint density at radius 3 is 2.66 bits per heavy atom. The number of rotatable bonds is 7. The maximum atomic E-state index is 13.4. The van der Waals surface area contributed by atoms with Crippen molar-refractivity contribution in [2.24, 2.45) is 0 Å². The zero-order valence-electron chi connectivity index (χ0n) is 18.4. The van der Waals surface area contributed by atoms with Crippen molar-refractivity contribution in [2.45, 2.75) is 50.2 Å². The smallest absolute Gasteiger partial charge is 0.243 e. The normalized spacial score (nSPS) is 17.2. The molecule has 1 unspecified atom stereocenters. The zero-order chi connectivity index (χ0) is 22.9. The molecule has 1 N–H and O–H groups in total. The first-order valence-corrected chi connectivity index (χ1v) is 12.0. The molecule has 2 heterocycles. The summed E-state index contributed by atoms with van der Waals surface area (Å²) in [5.74, 6) is 0.437. The Morgan fingerprint density at radius 2 is 1.97 bits per heavy atom. The predicted molar refractivity (Wildman–Crippen MR) is 120 cm³/mol. The number of aromatic nitrogens is 3. The van der Waals surface area contributed by atoms with Crippen LogP contribution in [-0.2, 0) is 21.4 Å². The van der Waals surface area contributed by atoms with Gasteiger partial charge in [0.05, 0.1) is 17.5 Å². The van der Waals surface area contributed by atoms with Gasteiger partial charge in [-0.3, -0.25) is 4.79 Å². The van der Waals surface area contributed by atoms with E-state index in [2.05, 4.69) is 15.6 Å². The molecule has 3 aromatic rings. The second-order valence-electron chi connectivity index (χ2n) is 8.12. The summed E-state index contributed by atoms with van der Waals surface area (Å²) in [5.41, 5.74) is 2.19. The van der Waals surface area contributed by atoms with E-state index in [4.69, 9.17) is 4.74 Å². The number of amides is 1. The molecule has 0 spiro atoms. The maximum absolute atomic E-state index is 13.4.